The number of alkyl halides is 3. The van der Waals surface area contributed by atoms with Gasteiger partial charge in [-0.1, -0.05) is 47.6 Å². The monoisotopic (exact) mass is 549 g/mol. The van der Waals surface area contributed by atoms with Crippen LogP contribution < -0.4 is 10.6 Å². The van der Waals surface area contributed by atoms with Crippen molar-refractivity contribution in [3.63, 3.8) is 0 Å². The van der Waals surface area contributed by atoms with E-state index in [-0.39, 0.29) is 23.8 Å². The lowest BCUT2D eigenvalue weighted by molar-refractivity contribution is -0.159. The Morgan fingerprint density at radius 3 is 2.40 bits per heavy atom. The number of rotatable bonds is 6. The van der Waals surface area contributed by atoms with Gasteiger partial charge in [0.2, 0.25) is 5.82 Å². The zero-order valence-corrected chi connectivity index (χ0v) is 21.3. The molecule has 1 aromatic heterocycles. The topological polar surface area (TPSA) is 100 Å². The minimum Gasteiger partial charge on any atom is -0.350 e. The standard InChI is InChI=1S/C29H26F3N5O3/c30-29(31,32)27-35-25(36-40-27)20-12-14-23(15-13-20)34-28(39)37-16-5-4-11-24(37)18-33-26(38)22-10-6-9-21(17-22)19-7-2-1-3-8-19/h1-3,6-10,12-15,17,24H,4-5,11,16,18H2,(H,33,38)(H,34,39). The average molecular weight is 550 g/mol. The molecule has 1 atom stereocenters. The van der Waals surface area contributed by atoms with E-state index >= 15 is 0 Å². The number of aromatic nitrogens is 2. The van der Waals surface area contributed by atoms with Crippen LogP contribution in [0.5, 0.6) is 0 Å². The molecule has 11 heteroatoms. The third kappa shape index (κ3) is 6.31. The molecule has 3 aromatic carbocycles. The first-order chi connectivity index (χ1) is 19.3. The Labute approximate surface area is 228 Å². The molecule has 0 aliphatic carbocycles. The SMILES string of the molecule is O=C(NCC1CCCCN1C(=O)Nc1ccc(-c2noc(C(F)(F)F)n2)cc1)c1cccc(-c2ccccc2)c1. The van der Waals surface area contributed by atoms with Crippen LogP contribution in [0.2, 0.25) is 0 Å². The molecule has 0 saturated carbocycles. The van der Waals surface area contributed by atoms with Crippen molar-refractivity contribution in [3.05, 3.63) is 90.3 Å². The molecule has 1 aliphatic heterocycles. The van der Waals surface area contributed by atoms with E-state index in [0.717, 1.165) is 30.4 Å². The van der Waals surface area contributed by atoms with Gasteiger partial charge in [0.25, 0.3) is 5.91 Å². The maximum Gasteiger partial charge on any atom is 0.471 e. The summed E-state index contributed by atoms with van der Waals surface area (Å²) < 4.78 is 42.5. The second kappa shape index (κ2) is 11.6. The summed E-state index contributed by atoms with van der Waals surface area (Å²) in [6.07, 6.45) is -2.20. The van der Waals surface area contributed by atoms with Crippen molar-refractivity contribution in [2.45, 2.75) is 31.5 Å². The lowest BCUT2D eigenvalue weighted by Crippen LogP contribution is -2.50. The van der Waals surface area contributed by atoms with Crippen molar-refractivity contribution in [2.24, 2.45) is 0 Å². The van der Waals surface area contributed by atoms with Crippen LogP contribution in [0.1, 0.15) is 35.5 Å². The second-order valence-electron chi connectivity index (χ2n) is 9.43. The molecule has 4 aromatic rings. The van der Waals surface area contributed by atoms with Gasteiger partial charge in [-0.3, -0.25) is 4.79 Å². The Kier molecular flexibility index (Phi) is 7.81. The van der Waals surface area contributed by atoms with Crippen LogP contribution in [0.4, 0.5) is 23.7 Å². The summed E-state index contributed by atoms with van der Waals surface area (Å²) >= 11 is 0. The normalized spacial score (nSPS) is 15.5. The van der Waals surface area contributed by atoms with Gasteiger partial charge in [-0.25, -0.2) is 4.79 Å². The Bertz CT molecular complexity index is 1470. The number of amides is 3. The number of piperidine rings is 1. The number of urea groups is 1. The van der Waals surface area contributed by atoms with Crippen LogP contribution in [0, 0.1) is 0 Å². The smallest absolute Gasteiger partial charge is 0.350 e. The maximum atomic E-state index is 13.1. The van der Waals surface area contributed by atoms with Crippen molar-refractivity contribution < 1.29 is 27.3 Å². The van der Waals surface area contributed by atoms with E-state index in [9.17, 15) is 22.8 Å². The maximum absolute atomic E-state index is 13.1. The summed E-state index contributed by atoms with van der Waals surface area (Å²) in [5, 5.41) is 9.16. The zero-order chi connectivity index (χ0) is 28.1. The van der Waals surface area contributed by atoms with E-state index in [1.807, 2.05) is 48.5 Å². The quantitative estimate of drug-likeness (QED) is 0.297. The molecular formula is C29H26F3N5O3. The van der Waals surface area contributed by atoms with Gasteiger partial charge in [0.1, 0.15) is 0 Å². The predicted molar refractivity (Wildman–Crippen MR) is 142 cm³/mol. The number of anilines is 1. The molecule has 1 aliphatic rings. The summed E-state index contributed by atoms with van der Waals surface area (Å²) in [4.78, 5) is 31.1. The molecule has 3 amide bonds. The molecule has 2 N–H and O–H groups in total. The number of nitrogens with zero attached hydrogens (tertiary/aromatic N) is 3. The van der Waals surface area contributed by atoms with Gasteiger partial charge in [-0.15, -0.1) is 0 Å². The largest absolute Gasteiger partial charge is 0.471 e. The van der Waals surface area contributed by atoms with Gasteiger partial charge < -0.3 is 20.1 Å². The first kappa shape index (κ1) is 26.9. The third-order valence-electron chi connectivity index (χ3n) is 6.68. The number of halogens is 3. The second-order valence-corrected chi connectivity index (χ2v) is 9.43. The minimum atomic E-state index is -4.73. The summed E-state index contributed by atoms with van der Waals surface area (Å²) in [7, 11) is 0. The lowest BCUT2D eigenvalue weighted by Gasteiger charge is -2.35. The van der Waals surface area contributed by atoms with E-state index < -0.39 is 12.1 Å². The number of carbonyl (C=O) groups excluding carboxylic acids is 2. The van der Waals surface area contributed by atoms with Gasteiger partial charge in [-0.2, -0.15) is 18.2 Å². The fourth-order valence-electron chi connectivity index (χ4n) is 4.62. The van der Waals surface area contributed by atoms with Gasteiger partial charge in [0.05, 0.1) is 6.04 Å². The average Bonchev–Trinajstić information content (AvgIpc) is 3.48. The number of benzene rings is 3. The summed E-state index contributed by atoms with van der Waals surface area (Å²) in [5.74, 6) is -1.84. The van der Waals surface area contributed by atoms with Gasteiger partial charge >= 0.3 is 18.1 Å². The Hall–Kier alpha value is -4.67. The van der Waals surface area contributed by atoms with Crippen LogP contribution in [0.25, 0.3) is 22.5 Å². The number of nitrogens with one attached hydrogen (secondary N) is 2. The molecule has 0 bridgehead atoms. The Balaban J connectivity index is 1.19. The molecule has 5 rings (SSSR count). The molecule has 0 spiro atoms. The predicted octanol–water partition coefficient (Wildman–Crippen LogP) is 6.24. The van der Waals surface area contributed by atoms with Crippen molar-refractivity contribution >= 4 is 17.6 Å². The highest BCUT2D eigenvalue weighted by Crippen LogP contribution is 2.30. The van der Waals surface area contributed by atoms with E-state index in [2.05, 4.69) is 25.3 Å². The number of hydrogen-bond donors (Lipinski definition) is 2. The molecule has 1 fully saturated rings. The number of likely N-dealkylation sites (tertiary alicyclic amines) is 1. The van der Waals surface area contributed by atoms with Crippen LogP contribution in [-0.4, -0.2) is 46.1 Å². The third-order valence-corrected chi connectivity index (χ3v) is 6.68. The van der Waals surface area contributed by atoms with E-state index in [0.29, 0.717) is 29.9 Å². The molecule has 2 heterocycles. The van der Waals surface area contributed by atoms with Crippen molar-refractivity contribution in [1.29, 1.82) is 0 Å². The number of carbonyl (C=O) groups is 2. The van der Waals surface area contributed by atoms with E-state index in [1.165, 1.54) is 12.1 Å². The lowest BCUT2D eigenvalue weighted by atomic mass is 10.0. The van der Waals surface area contributed by atoms with Crippen molar-refractivity contribution in [1.82, 2.24) is 20.4 Å². The molecule has 0 radical (unpaired) electrons. The highest BCUT2D eigenvalue weighted by atomic mass is 19.4. The van der Waals surface area contributed by atoms with Crippen LogP contribution in [-0.2, 0) is 6.18 Å². The first-order valence-electron chi connectivity index (χ1n) is 12.8. The Morgan fingerprint density at radius 2 is 1.68 bits per heavy atom. The van der Waals surface area contributed by atoms with Gasteiger partial charge in [-0.05, 0) is 66.8 Å². The fraction of sp³-hybridized carbons (Fsp3) is 0.241. The Morgan fingerprint density at radius 1 is 0.925 bits per heavy atom. The summed E-state index contributed by atoms with van der Waals surface area (Å²) in [5.41, 5.74) is 3.27. The minimum absolute atomic E-state index is 0.186. The van der Waals surface area contributed by atoms with Crippen molar-refractivity contribution in [3.8, 4) is 22.5 Å². The molecule has 40 heavy (non-hydrogen) atoms. The molecule has 8 nitrogen and oxygen atoms in total. The van der Waals surface area contributed by atoms with Crippen LogP contribution >= 0.6 is 0 Å². The molecule has 1 unspecified atom stereocenters. The number of hydrogen-bond acceptors (Lipinski definition) is 5. The zero-order valence-electron chi connectivity index (χ0n) is 21.3. The van der Waals surface area contributed by atoms with Gasteiger partial charge in [0.15, 0.2) is 0 Å². The highest BCUT2D eigenvalue weighted by molar-refractivity contribution is 5.95. The van der Waals surface area contributed by atoms with Crippen LogP contribution in [0.3, 0.4) is 0 Å². The molecule has 206 valence electrons. The van der Waals surface area contributed by atoms with Crippen molar-refractivity contribution in [2.75, 3.05) is 18.4 Å². The van der Waals surface area contributed by atoms with Crippen LogP contribution in [0.15, 0.2) is 83.4 Å². The van der Waals surface area contributed by atoms with Gasteiger partial charge in [0, 0.05) is 29.9 Å². The summed E-state index contributed by atoms with van der Waals surface area (Å²) in [6, 6.07) is 22.8. The molecule has 1 saturated heterocycles. The highest BCUT2D eigenvalue weighted by Gasteiger charge is 2.38. The molecular weight excluding hydrogens is 523 g/mol. The summed E-state index contributed by atoms with van der Waals surface area (Å²) in [6.45, 7) is 0.844. The first-order valence-corrected chi connectivity index (χ1v) is 12.8. The van der Waals surface area contributed by atoms with E-state index in [1.54, 1.807) is 23.1 Å². The van der Waals surface area contributed by atoms with E-state index in [4.69, 9.17) is 0 Å². The fourth-order valence-corrected chi connectivity index (χ4v) is 4.62.